The number of nitrogen functional groups attached to an aromatic ring is 2. The molecule has 14 nitrogen and oxygen atoms in total. The number of ether oxygens (including phenoxy) is 3. The molecule has 5 aromatic rings. The van der Waals surface area contributed by atoms with E-state index in [2.05, 4.69) is 45.9 Å². The Balaban J connectivity index is 0.000000177. The number of aliphatic hydroxyl groups excluding tert-OH is 3. The fraction of sp³-hybridized carbons (Fsp3) is 0.371. The summed E-state index contributed by atoms with van der Waals surface area (Å²) in [5, 5.41) is 37.9. The number of fused-ring (bicyclic) bond motifs is 2. The van der Waals surface area contributed by atoms with Crippen LogP contribution in [-0.4, -0.2) is 81.6 Å². The van der Waals surface area contributed by atoms with Crippen molar-refractivity contribution < 1.29 is 29.5 Å². The van der Waals surface area contributed by atoms with Crippen molar-refractivity contribution in [2.75, 3.05) is 18.1 Å². The Morgan fingerprint density at radius 2 is 1.41 bits per heavy atom. The molecule has 254 valence electrons. The molecule has 8 atom stereocenters. The molecule has 49 heavy (non-hydrogen) atoms. The molecule has 7 rings (SSSR count). The van der Waals surface area contributed by atoms with Crippen molar-refractivity contribution in [3.63, 3.8) is 0 Å². The summed E-state index contributed by atoms with van der Waals surface area (Å²) in [6.45, 7) is 4.21. The number of aliphatic hydroxyl groups is 3. The Kier molecular flexibility index (Phi) is 9.28. The zero-order valence-corrected chi connectivity index (χ0v) is 27.0. The van der Waals surface area contributed by atoms with Crippen LogP contribution in [0.4, 0.5) is 11.6 Å². The predicted molar refractivity (Wildman–Crippen MR) is 179 cm³/mol. The highest BCUT2D eigenvalue weighted by Gasteiger charge is 2.56. The molecule has 1 aromatic carbocycles. The number of benzene rings is 1. The highest BCUT2D eigenvalue weighted by atomic mass is 16.6. The molecule has 2 fully saturated rings. The van der Waals surface area contributed by atoms with E-state index in [-0.39, 0.29) is 23.9 Å². The topological polar surface area (TPSA) is 201 Å². The molecule has 0 radical (unpaired) electrons. The van der Waals surface area contributed by atoms with Gasteiger partial charge in [-0.2, -0.15) is 10.2 Å². The minimum atomic E-state index is -1.62. The zero-order valence-electron chi connectivity index (χ0n) is 27.0. The number of hydrogen-bond acceptors (Lipinski definition) is 12. The largest absolute Gasteiger partial charge is 0.394 e. The fourth-order valence-corrected chi connectivity index (χ4v) is 6.70. The van der Waals surface area contributed by atoms with Gasteiger partial charge in [0.2, 0.25) is 0 Å². The van der Waals surface area contributed by atoms with Gasteiger partial charge in [0.15, 0.2) is 22.8 Å². The average Bonchev–Trinajstić information content (AvgIpc) is 3.88. The lowest BCUT2D eigenvalue weighted by Gasteiger charge is -2.30. The maximum atomic E-state index is 10.3. The highest BCUT2D eigenvalue weighted by Crippen LogP contribution is 2.46. The van der Waals surface area contributed by atoms with Gasteiger partial charge in [-0.15, -0.1) is 12.8 Å². The quantitative estimate of drug-likeness (QED) is 0.157. The number of hydrogen-bond donors (Lipinski definition) is 5. The van der Waals surface area contributed by atoms with Gasteiger partial charge in [0.25, 0.3) is 0 Å². The first-order valence-corrected chi connectivity index (χ1v) is 15.8. The van der Waals surface area contributed by atoms with Crippen LogP contribution in [0.15, 0.2) is 67.3 Å². The van der Waals surface area contributed by atoms with Crippen LogP contribution in [0.5, 0.6) is 0 Å². The lowest BCUT2D eigenvalue weighted by atomic mass is 9.86. The summed E-state index contributed by atoms with van der Waals surface area (Å²) >= 11 is 0. The summed E-state index contributed by atoms with van der Waals surface area (Å²) in [5.74, 6) is 6.04. The van der Waals surface area contributed by atoms with E-state index in [4.69, 9.17) is 38.5 Å². The summed E-state index contributed by atoms with van der Waals surface area (Å²) < 4.78 is 21.5. The van der Waals surface area contributed by atoms with Gasteiger partial charge in [0.05, 0.1) is 30.7 Å². The summed E-state index contributed by atoms with van der Waals surface area (Å²) in [4.78, 5) is 7.92. The van der Waals surface area contributed by atoms with E-state index in [9.17, 15) is 15.3 Å². The van der Waals surface area contributed by atoms with Gasteiger partial charge in [-0.05, 0) is 36.2 Å². The van der Waals surface area contributed by atoms with E-state index in [1.54, 1.807) is 16.6 Å². The molecule has 0 spiro atoms. The molecule has 0 saturated carbocycles. The van der Waals surface area contributed by atoms with Crippen molar-refractivity contribution in [3.05, 3.63) is 84.2 Å². The normalized spacial score (nSPS) is 29.4. The maximum absolute atomic E-state index is 10.3. The van der Waals surface area contributed by atoms with E-state index in [1.807, 2.05) is 42.5 Å². The van der Waals surface area contributed by atoms with Gasteiger partial charge in [0, 0.05) is 5.92 Å². The van der Waals surface area contributed by atoms with Crippen LogP contribution in [0.3, 0.4) is 0 Å². The first-order valence-electron chi connectivity index (χ1n) is 15.8. The van der Waals surface area contributed by atoms with Crippen LogP contribution in [0, 0.1) is 30.6 Å². The molecule has 0 amide bonds. The lowest BCUT2D eigenvalue weighted by Crippen LogP contribution is -2.40. The molecule has 14 heteroatoms. The molecule has 2 aliphatic rings. The second-order valence-electron chi connectivity index (χ2n) is 12.0. The van der Waals surface area contributed by atoms with E-state index >= 15 is 0 Å². The van der Waals surface area contributed by atoms with Crippen molar-refractivity contribution in [1.29, 1.82) is 0 Å². The van der Waals surface area contributed by atoms with Crippen molar-refractivity contribution >= 4 is 22.7 Å². The number of nitrogens with zero attached hydrogens (tertiary/aromatic N) is 6. The summed E-state index contributed by atoms with van der Waals surface area (Å²) in [6, 6.07) is 17.1. The first kappa shape index (κ1) is 33.8. The van der Waals surface area contributed by atoms with Crippen molar-refractivity contribution in [3.8, 4) is 24.7 Å². The monoisotopic (exact) mass is 666 g/mol. The molecule has 0 aliphatic carbocycles. The average molecular weight is 667 g/mol. The van der Waals surface area contributed by atoms with Crippen LogP contribution in [-0.2, 0) is 32.0 Å². The lowest BCUT2D eigenvalue weighted by molar-refractivity contribution is -0.0804. The molecule has 2 aliphatic heterocycles. The Bertz CT molecular complexity index is 2020. The third-order valence-electron chi connectivity index (χ3n) is 9.27. The molecule has 6 heterocycles. The number of nitrogens with two attached hydrogens (primary N) is 2. The van der Waals surface area contributed by atoms with Crippen molar-refractivity contribution in [2.24, 2.45) is 5.92 Å². The van der Waals surface area contributed by atoms with Crippen LogP contribution in [0.2, 0.25) is 0 Å². The van der Waals surface area contributed by atoms with Gasteiger partial charge >= 0.3 is 0 Å². The molecular weight excluding hydrogens is 628 g/mol. The Hall–Kier alpha value is -5.06. The van der Waals surface area contributed by atoms with Crippen LogP contribution < -0.4 is 11.5 Å². The minimum Gasteiger partial charge on any atom is -0.394 e. The van der Waals surface area contributed by atoms with E-state index in [1.165, 1.54) is 17.2 Å². The van der Waals surface area contributed by atoms with Gasteiger partial charge in [-0.1, -0.05) is 56.0 Å². The standard InChI is InChI=1S/C22H24N4O2.C13H14N4O4/c1-4-18-15(3)20(27-13-16-9-7-6-8-10-16)22(5-2,28-18)19-12-11-17-21(23)24-14-25-26(17)19;1-2-13(11(20)10(19)8(5-18)21-13)9-4-3-7-12(14)15-6-16-17(7)9/h2,6-12,14-15,18,20H,4,13H2,1,3H3,(H2,23,24,25);1,3-4,6,8,10-11,18-20H,5H2,(H2,14,15,16)/t15-,18-,20-,22+;8-,10-,11-,13+/m11/s1. The van der Waals surface area contributed by atoms with E-state index in [0.717, 1.165) is 17.7 Å². The number of rotatable bonds is 7. The van der Waals surface area contributed by atoms with Gasteiger partial charge in [0.1, 0.15) is 48.1 Å². The molecule has 0 bridgehead atoms. The second kappa shape index (κ2) is 13.4. The van der Waals surface area contributed by atoms with Gasteiger partial charge < -0.3 is 41.0 Å². The first-order chi connectivity index (χ1) is 23.6. The van der Waals surface area contributed by atoms with Crippen molar-refractivity contribution in [2.45, 2.75) is 68.6 Å². The van der Waals surface area contributed by atoms with Gasteiger partial charge in [-0.3, -0.25) is 0 Å². The second-order valence-corrected chi connectivity index (χ2v) is 12.0. The smallest absolute Gasteiger partial charge is 0.199 e. The summed E-state index contributed by atoms with van der Waals surface area (Å²) in [6.07, 6.45) is 11.1. The Morgan fingerprint density at radius 1 is 0.857 bits per heavy atom. The molecule has 4 aromatic heterocycles. The van der Waals surface area contributed by atoms with E-state index < -0.39 is 36.1 Å². The Morgan fingerprint density at radius 3 is 1.92 bits per heavy atom. The number of aromatic nitrogens is 6. The molecule has 2 saturated heterocycles. The number of anilines is 2. The number of terminal acetylenes is 2. The Labute approximate surface area is 282 Å². The maximum Gasteiger partial charge on any atom is 0.199 e. The summed E-state index contributed by atoms with van der Waals surface area (Å²) in [7, 11) is 0. The molecule has 7 N–H and O–H groups in total. The van der Waals surface area contributed by atoms with Crippen LogP contribution in [0.1, 0.15) is 37.2 Å². The van der Waals surface area contributed by atoms with Crippen LogP contribution in [0.25, 0.3) is 11.0 Å². The molecule has 0 unspecified atom stereocenters. The SMILES string of the molecule is C#C[C@@]1(c2ccc3c(N)ncnn23)O[C@H](CC)[C@@H](C)[C@H]1OCc1ccccc1.C#C[C@@]1(c2ccc3c(N)ncnn23)O[C@H](CO)[C@@H](O)[C@H]1O. The van der Waals surface area contributed by atoms with Crippen molar-refractivity contribution in [1.82, 2.24) is 29.2 Å². The highest BCUT2D eigenvalue weighted by molar-refractivity contribution is 5.67. The zero-order chi connectivity index (χ0) is 34.9. The fourth-order valence-electron chi connectivity index (χ4n) is 6.70. The van der Waals surface area contributed by atoms with E-state index in [0.29, 0.717) is 29.2 Å². The summed E-state index contributed by atoms with van der Waals surface area (Å²) in [5.41, 5.74) is 12.4. The van der Waals surface area contributed by atoms with Gasteiger partial charge in [-0.25, -0.2) is 19.0 Å². The minimum absolute atomic E-state index is 0.0124. The molecular formula is C35H38N8O6. The third-order valence-corrected chi connectivity index (χ3v) is 9.27. The predicted octanol–water partition coefficient (Wildman–Crippen LogP) is 1.42. The van der Waals surface area contributed by atoms with Crippen LogP contribution >= 0.6 is 0 Å². The third kappa shape index (κ3) is 5.54.